The molecule has 31 heavy (non-hydrogen) atoms. The third kappa shape index (κ3) is 4.38. The number of hydrogen-bond donors (Lipinski definition) is 0. The Balaban J connectivity index is 1.82. The second-order valence-electron chi connectivity index (χ2n) is 7.31. The van der Waals surface area contributed by atoms with E-state index in [1.165, 1.54) is 39.6 Å². The minimum Gasteiger partial charge on any atom is -0.438 e. The Morgan fingerprint density at radius 2 is 1.94 bits per heavy atom. The van der Waals surface area contributed by atoms with E-state index in [4.69, 9.17) is 17.0 Å². The molecule has 0 radical (unpaired) electrons. The highest BCUT2D eigenvalue weighted by molar-refractivity contribution is 8.26. The number of pyridine rings is 1. The summed E-state index contributed by atoms with van der Waals surface area (Å²) in [6.07, 6.45) is 3.06. The van der Waals surface area contributed by atoms with Gasteiger partial charge in [-0.05, 0) is 48.4 Å². The Labute approximate surface area is 187 Å². The molecule has 3 aromatic rings. The number of ether oxygens (including phenoxy) is 1. The summed E-state index contributed by atoms with van der Waals surface area (Å²) in [6.45, 7) is 4.49. The number of benzene rings is 1. The number of nitrogens with zero attached hydrogens (tertiary/aromatic N) is 3. The van der Waals surface area contributed by atoms with Gasteiger partial charge in [-0.3, -0.25) is 18.9 Å². The van der Waals surface area contributed by atoms with E-state index < -0.39 is 11.4 Å². The zero-order valence-electron chi connectivity index (χ0n) is 16.7. The largest absolute Gasteiger partial charge is 0.438 e. The van der Waals surface area contributed by atoms with Crippen molar-refractivity contribution in [2.45, 2.75) is 13.8 Å². The van der Waals surface area contributed by atoms with Crippen LogP contribution in [-0.4, -0.2) is 31.1 Å². The van der Waals surface area contributed by atoms with E-state index in [0.717, 1.165) is 11.8 Å². The minimum absolute atomic E-state index is 0.0249. The van der Waals surface area contributed by atoms with Crippen molar-refractivity contribution in [2.24, 2.45) is 5.92 Å². The zero-order chi connectivity index (χ0) is 22.1. The molecule has 2 aromatic heterocycles. The van der Waals surface area contributed by atoms with Crippen molar-refractivity contribution in [1.82, 2.24) is 14.3 Å². The van der Waals surface area contributed by atoms with Crippen LogP contribution in [0.4, 0.5) is 4.39 Å². The number of fused-ring (bicyclic) bond motifs is 1. The van der Waals surface area contributed by atoms with Crippen LogP contribution in [0.25, 0.3) is 11.7 Å². The summed E-state index contributed by atoms with van der Waals surface area (Å²) in [5.41, 5.74) is 0.101. The fourth-order valence-electron chi connectivity index (χ4n) is 3.05. The molecular formula is C22H18FN3O3S2. The molecule has 4 rings (SSSR count). The molecule has 0 saturated carbocycles. The van der Waals surface area contributed by atoms with Gasteiger partial charge in [-0.1, -0.05) is 43.9 Å². The van der Waals surface area contributed by atoms with Gasteiger partial charge in [0.25, 0.3) is 11.5 Å². The molecule has 1 saturated heterocycles. The second-order valence-corrected chi connectivity index (χ2v) is 8.98. The van der Waals surface area contributed by atoms with Crippen LogP contribution < -0.4 is 10.3 Å². The number of thioether (sulfide) groups is 1. The number of aromatic nitrogens is 2. The molecule has 1 aliphatic heterocycles. The predicted octanol–water partition coefficient (Wildman–Crippen LogP) is 4.48. The summed E-state index contributed by atoms with van der Waals surface area (Å²) >= 11 is 6.49. The van der Waals surface area contributed by atoms with Gasteiger partial charge in [-0.2, -0.15) is 4.98 Å². The van der Waals surface area contributed by atoms with Crippen LogP contribution >= 0.6 is 24.0 Å². The van der Waals surface area contributed by atoms with Crippen LogP contribution in [0.15, 0.2) is 58.4 Å². The SMILES string of the molecule is CC(C)CN1C(=O)/C(=C/c2c(Oc3ccc(F)cc3)nc3ccccn3c2=O)SC1=S. The Morgan fingerprint density at radius 1 is 1.19 bits per heavy atom. The lowest BCUT2D eigenvalue weighted by molar-refractivity contribution is -0.122. The van der Waals surface area contributed by atoms with Gasteiger partial charge in [0.15, 0.2) is 0 Å². The summed E-state index contributed by atoms with van der Waals surface area (Å²) in [5, 5.41) is 0. The van der Waals surface area contributed by atoms with Gasteiger partial charge in [0.2, 0.25) is 5.88 Å². The monoisotopic (exact) mass is 455 g/mol. The lowest BCUT2D eigenvalue weighted by Crippen LogP contribution is -2.31. The first-order valence-corrected chi connectivity index (χ1v) is 10.8. The summed E-state index contributed by atoms with van der Waals surface area (Å²) in [7, 11) is 0. The van der Waals surface area contributed by atoms with E-state index in [9.17, 15) is 14.0 Å². The number of carbonyl (C=O) groups is 1. The molecule has 6 nitrogen and oxygen atoms in total. The molecular weight excluding hydrogens is 437 g/mol. The standard InChI is InChI=1S/C22H18FN3O3S2/c1-13(2)12-26-21(28)17(31-22(26)30)11-16-19(29-15-8-6-14(23)7-9-15)24-18-5-3-4-10-25(18)20(16)27/h3-11,13H,12H2,1-2H3/b17-11-. The highest BCUT2D eigenvalue weighted by atomic mass is 32.2. The minimum atomic E-state index is -0.409. The van der Waals surface area contributed by atoms with Crippen molar-refractivity contribution in [3.05, 3.63) is 75.3 Å². The maximum Gasteiger partial charge on any atom is 0.269 e. The Morgan fingerprint density at radius 3 is 2.65 bits per heavy atom. The number of hydrogen-bond acceptors (Lipinski definition) is 6. The molecule has 0 atom stereocenters. The molecule has 0 spiro atoms. The quantitative estimate of drug-likeness (QED) is 0.418. The van der Waals surface area contributed by atoms with Crippen LogP contribution in [0.1, 0.15) is 19.4 Å². The van der Waals surface area contributed by atoms with Crippen LogP contribution in [-0.2, 0) is 4.79 Å². The molecule has 0 aliphatic carbocycles. The fraction of sp³-hybridized carbons (Fsp3) is 0.182. The van der Waals surface area contributed by atoms with Crippen LogP contribution in [0.2, 0.25) is 0 Å². The summed E-state index contributed by atoms with van der Waals surface area (Å²) in [6, 6.07) is 10.5. The van der Waals surface area contributed by atoms with Crippen LogP contribution in [0.3, 0.4) is 0 Å². The maximum atomic E-state index is 13.3. The molecule has 1 fully saturated rings. The molecule has 1 aromatic carbocycles. The first-order valence-electron chi connectivity index (χ1n) is 9.53. The lowest BCUT2D eigenvalue weighted by Gasteiger charge is -2.16. The second kappa shape index (κ2) is 8.60. The third-order valence-electron chi connectivity index (χ3n) is 4.46. The van der Waals surface area contributed by atoms with Gasteiger partial charge in [-0.25, -0.2) is 4.39 Å². The van der Waals surface area contributed by atoms with E-state index in [2.05, 4.69) is 4.98 Å². The van der Waals surface area contributed by atoms with E-state index in [1.54, 1.807) is 24.4 Å². The number of rotatable bonds is 5. The number of thiocarbonyl (C=S) groups is 1. The van der Waals surface area contributed by atoms with Crippen LogP contribution in [0.5, 0.6) is 11.6 Å². The van der Waals surface area contributed by atoms with E-state index in [0.29, 0.717) is 27.2 Å². The highest BCUT2D eigenvalue weighted by Gasteiger charge is 2.33. The molecule has 3 heterocycles. The molecule has 0 N–H and O–H groups in total. The molecule has 0 bridgehead atoms. The maximum absolute atomic E-state index is 13.3. The van der Waals surface area contributed by atoms with Gasteiger partial charge < -0.3 is 4.74 Å². The third-order valence-corrected chi connectivity index (χ3v) is 5.84. The predicted molar refractivity (Wildman–Crippen MR) is 123 cm³/mol. The first-order chi connectivity index (χ1) is 14.8. The first kappa shape index (κ1) is 21.2. The lowest BCUT2D eigenvalue weighted by atomic mass is 10.2. The molecule has 0 unspecified atom stereocenters. The van der Waals surface area contributed by atoms with Crippen molar-refractivity contribution in [3.8, 4) is 11.6 Å². The average molecular weight is 456 g/mol. The zero-order valence-corrected chi connectivity index (χ0v) is 18.4. The fourth-order valence-corrected chi connectivity index (χ4v) is 4.31. The molecule has 9 heteroatoms. The smallest absolute Gasteiger partial charge is 0.269 e. The summed E-state index contributed by atoms with van der Waals surface area (Å²) in [5.74, 6) is -0.0818. The Bertz CT molecular complexity index is 1270. The Kier molecular flexibility index (Phi) is 5.88. The summed E-state index contributed by atoms with van der Waals surface area (Å²) in [4.78, 5) is 32.4. The van der Waals surface area contributed by atoms with Crippen molar-refractivity contribution in [2.75, 3.05) is 6.54 Å². The van der Waals surface area contributed by atoms with E-state index in [-0.39, 0.29) is 23.3 Å². The van der Waals surface area contributed by atoms with Crippen molar-refractivity contribution in [3.63, 3.8) is 0 Å². The number of amides is 1. The molecule has 1 amide bonds. The van der Waals surface area contributed by atoms with Crippen molar-refractivity contribution in [1.29, 1.82) is 0 Å². The van der Waals surface area contributed by atoms with Gasteiger partial charge >= 0.3 is 0 Å². The van der Waals surface area contributed by atoms with Gasteiger partial charge in [0.05, 0.1) is 4.91 Å². The van der Waals surface area contributed by atoms with E-state index in [1.807, 2.05) is 13.8 Å². The Hall–Kier alpha value is -3.04. The van der Waals surface area contributed by atoms with Gasteiger partial charge in [-0.15, -0.1) is 0 Å². The number of halogens is 1. The van der Waals surface area contributed by atoms with Crippen molar-refractivity contribution < 1.29 is 13.9 Å². The van der Waals surface area contributed by atoms with Crippen molar-refractivity contribution >= 4 is 45.9 Å². The molecule has 158 valence electrons. The van der Waals surface area contributed by atoms with Crippen LogP contribution in [0, 0.1) is 11.7 Å². The highest BCUT2D eigenvalue weighted by Crippen LogP contribution is 2.34. The summed E-state index contributed by atoms with van der Waals surface area (Å²) < 4.78 is 20.9. The van der Waals surface area contributed by atoms with Gasteiger partial charge in [0.1, 0.15) is 27.1 Å². The topological polar surface area (TPSA) is 63.9 Å². The normalized spacial score (nSPS) is 15.5. The van der Waals surface area contributed by atoms with Gasteiger partial charge in [0, 0.05) is 12.7 Å². The average Bonchev–Trinajstić information content (AvgIpc) is 2.99. The number of carbonyl (C=O) groups excluding carboxylic acids is 1. The molecule has 1 aliphatic rings. The van der Waals surface area contributed by atoms with E-state index >= 15 is 0 Å².